The Morgan fingerprint density at radius 1 is 0.481 bits per heavy atom. The SMILES string of the molecule is C1=C(N(c2ccc(-c3cccc4ccccc34)cc2)c2cccc3c2-c2ccccc2C3)CCC2=C1c1c(ccc3oc4c5ccccc5ccc4c13)C2. The monoisotopic (exact) mass is 689 g/mol. The van der Waals surface area contributed by atoms with E-state index < -0.39 is 0 Å². The molecule has 1 aromatic heterocycles. The van der Waals surface area contributed by atoms with Gasteiger partial charge in [-0.15, -0.1) is 0 Å². The zero-order valence-electron chi connectivity index (χ0n) is 29.8. The van der Waals surface area contributed by atoms with Crippen LogP contribution in [0.25, 0.3) is 71.3 Å². The summed E-state index contributed by atoms with van der Waals surface area (Å²) in [5.41, 5.74) is 19.4. The first-order valence-electron chi connectivity index (χ1n) is 19.1. The first-order valence-corrected chi connectivity index (χ1v) is 19.1. The molecule has 0 spiro atoms. The van der Waals surface area contributed by atoms with Gasteiger partial charge in [-0.3, -0.25) is 0 Å². The summed E-state index contributed by atoms with van der Waals surface area (Å²) in [6.07, 6.45) is 6.49. The van der Waals surface area contributed by atoms with Crippen LogP contribution in [0.3, 0.4) is 0 Å². The smallest absolute Gasteiger partial charge is 0.143 e. The van der Waals surface area contributed by atoms with Gasteiger partial charge in [-0.2, -0.15) is 0 Å². The average Bonchev–Trinajstić information content (AvgIpc) is 3.92. The van der Waals surface area contributed by atoms with Crippen LogP contribution in [0.15, 0.2) is 179 Å². The van der Waals surface area contributed by atoms with Crippen LogP contribution < -0.4 is 4.90 Å². The van der Waals surface area contributed by atoms with Crippen molar-refractivity contribution in [1.29, 1.82) is 0 Å². The van der Waals surface area contributed by atoms with Crippen molar-refractivity contribution in [2.24, 2.45) is 0 Å². The number of hydrogen-bond acceptors (Lipinski definition) is 2. The van der Waals surface area contributed by atoms with Crippen LogP contribution in [-0.2, 0) is 12.8 Å². The van der Waals surface area contributed by atoms with E-state index in [9.17, 15) is 0 Å². The second kappa shape index (κ2) is 11.4. The van der Waals surface area contributed by atoms with Crippen LogP contribution in [0, 0.1) is 0 Å². The van der Waals surface area contributed by atoms with Crippen LogP contribution in [0.1, 0.15) is 35.1 Å². The summed E-state index contributed by atoms with van der Waals surface area (Å²) in [5, 5.41) is 7.37. The molecule has 0 saturated heterocycles. The minimum absolute atomic E-state index is 0.966. The van der Waals surface area contributed by atoms with Crippen molar-refractivity contribution in [3.05, 3.63) is 197 Å². The summed E-state index contributed by atoms with van der Waals surface area (Å²) in [6, 6.07) is 58.0. The minimum Gasteiger partial charge on any atom is -0.455 e. The van der Waals surface area contributed by atoms with E-state index in [1.54, 1.807) is 0 Å². The zero-order valence-corrected chi connectivity index (χ0v) is 29.8. The van der Waals surface area contributed by atoms with Crippen molar-refractivity contribution in [2.75, 3.05) is 4.90 Å². The van der Waals surface area contributed by atoms with E-state index in [4.69, 9.17) is 4.42 Å². The van der Waals surface area contributed by atoms with E-state index in [0.29, 0.717) is 0 Å². The summed E-state index contributed by atoms with van der Waals surface area (Å²) in [6.45, 7) is 0. The molecule has 0 bridgehead atoms. The lowest BCUT2D eigenvalue weighted by Crippen LogP contribution is -2.19. The summed E-state index contributed by atoms with van der Waals surface area (Å²) in [5.74, 6) is 0. The Hall–Kier alpha value is -6.64. The summed E-state index contributed by atoms with van der Waals surface area (Å²) in [7, 11) is 0. The number of nitrogens with zero attached hydrogens (tertiary/aromatic N) is 1. The standard InChI is InChI=1S/C52H35NO/c1-4-14-41-32(9-1)12-7-17-42(41)34-19-24-39(25-20-34)53(47-18-8-13-37-29-35-11-3-5-15-43(35)49(37)47)40-26-21-36-30-38-23-28-48-51(50(38)46(36)31-40)45-27-22-33-10-2-6-16-44(33)52(45)54-48/h1-20,22-25,27-28,31H,21,26,29-30H2. The predicted octanol–water partition coefficient (Wildman–Crippen LogP) is 14.0. The fourth-order valence-electron chi connectivity index (χ4n) is 9.77. The topological polar surface area (TPSA) is 16.4 Å². The molecule has 3 aliphatic carbocycles. The van der Waals surface area contributed by atoms with E-state index in [1.807, 2.05) is 0 Å². The van der Waals surface area contributed by atoms with Crippen molar-refractivity contribution in [1.82, 2.24) is 0 Å². The number of furan rings is 1. The Morgan fingerprint density at radius 3 is 2.11 bits per heavy atom. The lowest BCUT2D eigenvalue weighted by molar-refractivity contribution is 0.672. The Balaban J connectivity index is 1.05. The molecule has 1 heterocycles. The Bertz CT molecular complexity index is 3100. The maximum absolute atomic E-state index is 6.69. The molecule has 12 rings (SSSR count). The highest BCUT2D eigenvalue weighted by Crippen LogP contribution is 2.51. The first kappa shape index (κ1) is 29.9. The van der Waals surface area contributed by atoms with Crippen LogP contribution in [-0.4, -0.2) is 0 Å². The van der Waals surface area contributed by atoms with Gasteiger partial charge in [0.15, 0.2) is 0 Å². The van der Waals surface area contributed by atoms with Crippen LogP contribution in [0.4, 0.5) is 11.4 Å². The number of fused-ring (bicyclic) bond motifs is 12. The molecule has 0 amide bonds. The van der Waals surface area contributed by atoms with Crippen LogP contribution in [0.5, 0.6) is 0 Å². The molecule has 0 unspecified atom stereocenters. The third kappa shape index (κ3) is 4.34. The van der Waals surface area contributed by atoms with Gasteiger partial charge in [-0.05, 0) is 123 Å². The van der Waals surface area contributed by atoms with Gasteiger partial charge in [0.05, 0.1) is 5.69 Å². The van der Waals surface area contributed by atoms with E-state index >= 15 is 0 Å². The molecule has 0 radical (unpaired) electrons. The molecule has 0 N–H and O–H groups in total. The third-order valence-corrected chi connectivity index (χ3v) is 12.2. The first-order chi connectivity index (χ1) is 26.8. The Labute approximate surface area is 313 Å². The molecule has 254 valence electrons. The van der Waals surface area contributed by atoms with Gasteiger partial charge in [-0.25, -0.2) is 0 Å². The van der Waals surface area contributed by atoms with Crippen molar-refractivity contribution in [3.8, 4) is 22.3 Å². The minimum atomic E-state index is 0.966. The van der Waals surface area contributed by atoms with Crippen molar-refractivity contribution in [2.45, 2.75) is 25.7 Å². The molecule has 3 aliphatic rings. The molecular weight excluding hydrogens is 655 g/mol. The van der Waals surface area contributed by atoms with E-state index in [1.165, 1.54) is 105 Å². The summed E-state index contributed by atoms with van der Waals surface area (Å²) >= 11 is 0. The quantitative estimate of drug-likeness (QED) is 0.183. The third-order valence-electron chi connectivity index (χ3n) is 12.2. The second-order valence-electron chi connectivity index (χ2n) is 15.1. The van der Waals surface area contributed by atoms with Gasteiger partial charge in [-0.1, -0.05) is 133 Å². The van der Waals surface area contributed by atoms with Gasteiger partial charge < -0.3 is 9.32 Å². The van der Waals surface area contributed by atoms with Gasteiger partial charge in [0, 0.05) is 33.1 Å². The van der Waals surface area contributed by atoms with E-state index in [2.05, 4.69) is 169 Å². The fraction of sp³-hybridized carbons (Fsp3) is 0.0769. The molecule has 9 aromatic rings. The van der Waals surface area contributed by atoms with Crippen LogP contribution in [0.2, 0.25) is 0 Å². The molecule has 0 atom stereocenters. The van der Waals surface area contributed by atoms with Crippen molar-refractivity contribution in [3.63, 3.8) is 0 Å². The summed E-state index contributed by atoms with van der Waals surface area (Å²) < 4.78 is 6.69. The molecule has 0 aliphatic heterocycles. The number of hydrogen-bond donors (Lipinski definition) is 0. The highest BCUT2D eigenvalue weighted by molar-refractivity contribution is 6.19. The molecule has 8 aromatic carbocycles. The number of rotatable bonds is 4. The predicted molar refractivity (Wildman–Crippen MR) is 225 cm³/mol. The van der Waals surface area contributed by atoms with Gasteiger partial charge >= 0.3 is 0 Å². The average molecular weight is 690 g/mol. The van der Waals surface area contributed by atoms with Crippen LogP contribution >= 0.6 is 0 Å². The maximum atomic E-state index is 6.69. The lowest BCUT2D eigenvalue weighted by atomic mass is 9.91. The van der Waals surface area contributed by atoms with Gasteiger partial charge in [0.1, 0.15) is 11.2 Å². The molecule has 54 heavy (non-hydrogen) atoms. The highest BCUT2D eigenvalue weighted by atomic mass is 16.3. The van der Waals surface area contributed by atoms with E-state index in [0.717, 1.165) is 36.8 Å². The van der Waals surface area contributed by atoms with Gasteiger partial charge in [0.2, 0.25) is 0 Å². The fourth-order valence-corrected chi connectivity index (χ4v) is 9.77. The highest BCUT2D eigenvalue weighted by Gasteiger charge is 2.32. The maximum Gasteiger partial charge on any atom is 0.143 e. The largest absolute Gasteiger partial charge is 0.455 e. The Kier molecular flexibility index (Phi) is 6.32. The lowest BCUT2D eigenvalue weighted by Gasteiger charge is -2.32. The van der Waals surface area contributed by atoms with Crippen molar-refractivity contribution < 1.29 is 4.42 Å². The number of benzene rings is 8. The van der Waals surface area contributed by atoms with Crippen molar-refractivity contribution >= 4 is 60.4 Å². The molecule has 2 nitrogen and oxygen atoms in total. The molecule has 0 fully saturated rings. The molecule has 2 heteroatoms. The Morgan fingerprint density at radius 2 is 1.20 bits per heavy atom. The molecular formula is C52H35NO. The number of anilines is 2. The van der Waals surface area contributed by atoms with E-state index in [-0.39, 0.29) is 0 Å². The normalized spacial score (nSPS) is 14.4. The summed E-state index contributed by atoms with van der Waals surface area (Å²) in [4.78, 5) is 2.57. The van der Waals surface area contributed by atoms with Gasteiger partial charge in [0.25, 0.3) is 0 Å². The molecule has 0 saturated carbocycles. The zero-order chi connectivity index (χ0) is 35.3. The second-order valence-corrected chi connectivity index (χ2v) is 15.1. The number of allylic oxidation sites excluding steroid dienone is 4.